The lowest BCUT2D eigenvalue weighted by molar-refractivity contribution is -0.140. The van der Waals surface area contributed by atoms with Crippen molar-refractivity contribution < 1.29 is 23.5 Å². The van der Waals surface area contributed by atoms with Gasteiger partial charge in [0.1, 0.15) is 18.2 Å². The second kappa shape index (κ2) is 10.5. The van der Waals surface area contributed by atoms with Gasteiger partial charge in [0.15, 0.2) is 0 Å². The highest BCUT2D eigenvalue weighted by Gasteiger charge is 2.34. The van der Waals surface area contributed by atoms with Gasteiger partial charge < -0.3 is 25.1 Å². The number of urea groups is 1. The zero-order chi connectivity index (χ0) is 25.8. The highest BCUT2D eigenvalue weighted by molar-refractivity contribution is 5.95. The zero-order valence-corrected chi connectivity index (χ0v) is 20.1. The molecule has 0 spiro atoms. The number of fused-ring (bicyclic) bond motifs is 1. The molecule has 0 bridgehead atoms. The number of ether oxygens (including phenoxy) is 2. The Morgan fingerprint density at radius 3 is 2.70 bits per heavy atom. The van der Waals surface area contributed by atoms with Gasteiger partial charge in [-0.3, -0.25) is 0 Å². The van der Waals surface area contributed by atoms with Gasteiger partial charge >= 0.3 is 12.0 Å². The summed E-state index contributed by atoms with van der Waals surface area (Å²) in [5.74, 6) is -0.297. The van der Waals surface area contributed by atoms with Gasteiger partial charge in [0.05, 0.1) is 36.1 Å². The van der Waals surface area contributed by atoms with Crippen LogP contribution in [-0.2, 0) is 22.6 Å². The van der Waals surface area contributed by atoms with Crippen LogP contribution in [0.5, 0.6) is 5.75 Å². The first-order chi connectivity index (χ1) is 18.0. The Labute approximate surface area is 212 Å². The van der Waals surface area contributed by atoms with E-state index in [0.29, 0.717) is 35.2 Å². The van der Waals surface area contributed by atoms with E-state index in [1.807, 2.05) is 42.5 Å². The normalized spacial score (nSPS) is 15.3. The summed E-state index contributed by atoms with van der Waals surface area (Å²) in [5, 5.41) is 5.65. The summed E-state index contributed by atoms with van der Waals surface area (Å²) in [4.78, 5) is 33.5. The van der Waals surface area contributed by atoms with Crippen molar-refractivity contribution in [2.45, 2.75) is 25.5 Å². The molecule has 1 aliphatic heterocycles. The highest BCUT2D eigenvalue weighted by atomic mass is 19.1. The molecule has 9 heteroatoms. The Balaban J connectivity index is 1.48. The molecule has 1 unspecified atom stereocenters. The third-order valence-electron chi connectivity index (χ3n) is 6.21. The molecule has 3 N–H and O–H groups in total. The van der Waals surface area contributed by atoms with Crippen molar-refractivity contribution in [1.29, 1.82) is 0 Å². The standard InChI is InChI=1S/C28H25FN4O4/c1-36-21-7-3-4-17(13-21)8-10-23-25(27(34)37-15-18-5-2-6-20(29)12-18)26(33-28(35)32-23)19-9-11-22-24(14-19)31-16-30-22/h2-7,9,11-14,16,26H,8,10,15H2,1H3,(H,30,31)(H2,32,33,35). The third-order valence-corrected chi connectivity index (χ3v) is 6.21. The number of carbonyl (C=O) groups excluding carboxylic acids is 2. The van der Waals surface area contributed by atoms with Gasteiger partial charge in [-0.1, -0.05) is 30.3 Å². The molecule has 0 radical (unpaired) electrons. The average Bonchev–Trinajstić information content (AvgIpc) is 3.38. The van der Waals surface area contributed by atoms with Gasteiger partial charge in [-0.2, -0.15) is 0 Å². The van der Waals surface area contributed by atoms with Crippen LogP contribution in [0.4, 0.5) is 9.18 Å². The maximum absolute atomic E-state index is 13.6. The molecule has 4 aromatic rings. The molecule has 0 saturated heterocycles. The first kappa shape index (κ1) is 24.1. The maximum atomic E-state index is 13.6. The smallest absolute Gasteiger partial charge is 0.338 e. The molecule has 8 nitrogen and oxygen atoms in total. The number of esters is 1. The molecule has 0 fully saturated rings. The topological polar surface area (TPSA) is 105 Å². The Kier molecular flexibility index (Phi) is 6.85. The van der Waals surface area contributed by atoms with Crippen molar-refractivity contribution in [1.82, 2.24) is 20.6 Å². The van der Waals surface area contributed by atoms with Crippen molar-refractivity contribution in [3.8, 4) is 5.75 Å². The first-order valence-corrected chi connectivity index (χ1v) is 11.8. The minimum Gasteiger partial charge on any atom is -0.497 e. The highest BCUT2D eigenvalue weighted by Crippen LogP contribution is 2.31. The number of amides is 2. The molecular weight excluding hydrogens is 475 g/mol. The lowest BCUT2D eigenvalue weighted by Gasteiger charge is -2.29. The number of imidazole rings is 1. The number of carbonyl (C=O) groups is 2. The van der Waals surface area contributed by atoms with E-state index in [0.717, 1.165) is 16.8 Å². The molecule has 3 aromatic carbocycles. The van der Waals surface area contributed by atoms with E-state index in [4.69, 9.17) is 9.47 Å². The Bertz CT molecular complexity index is 1500. The van der Waals surface area contributed by atoms with Crippen LogP contribution in [0.3, 0.4) is 0 Å². The number of rotatable bonds is 8. The minimum absolute atomic E-state index is 0.109. The van der Waals surface area contributed by atoms with Crippen LogP contribution in [0.15, 0.2) is 84.3 Å². The molecular formula is C28H25FN4O4. The van der Waals surface area contributed by atoms with Gasteiger partial charge in [-0.15, -0.1) is 0 Å². The van der Waals surface area contributed by atoms with Crippen LogP contribution >= 0.6 is 0 Å². The third kappa shape index (κ3) is 5.45. The largest absolute Gasteiger partial charge is 0.497 e. The van der Waals surface area contributed by atoms with E-state index in [1.54, 1.807) is 25.6 Å². The number of allylic oxidation sites excluding steroid dienone is 1. The molecule has 5 rings (SSSR count). The fraction of sp³-hybridized carbons (Fsp3) is 0.179. The van der Waals surface area contributed by atoms with E-state index < -0.39 is 23.9 Å². The quantitative estimate of drug-likeness (QED) is 0.304. The predicted molar refractivity (Wildman–Crippen MR) is 135 cm³/mol. The van der Waals surface area contributed by atoms with Gasteiger partial charge in [0.2, 0.25) is 0 Å². The summed E-state index contributed by atoms with van der Waals surface area (Å²) < 4.78 is 24.5. The monoisotopic (exact) mass is 500 g/mol. The number of halogens is 1. The van der Waals surface area contributed by atoms with Crippen LogP contribution in [-0.4, -0.2) is 29.1 Å². The van der Waals surface area contributed by atoms with E-state index in [2.05, 4.69) is 20.6 Å². The van der Waals surface area contributed by atoms with Crippen molar-refractivity contribution in [2.24, 2.45) is 0 Å². The Hall–Kier alpha value is -4.66. The fourth-order valence-corrected chi connectivity index (χ4v) is 4.39. The van der Waals surface area contributed by atoms with Crippen LogP contribution in [0, 0.1) is 5.82 Å². The molecule has 0 aliphatic carbocycles. The van der Waals surface area contributed by atoms with E-state index >= 15 is 0 Å². The molecule has 0 saturated carbocycles. The number of hydrogen-bond acceptors (Lipinski definition) is 5. The molecule has 1 aliphatic rings. The lowest BCUT2D eigenvalue weighted by atomic mass is 9.92. The van der Waals surface area contributed by atoms with Crippen molar-refractivity contribution >= 4 is 23.0 Å². The zero-order valence-electron chi connectivity index (χ0n) is 20.1. The van der Waals surface area contributed by atoms with Gasteiger partial charge in [-0.25, -0.2) is 19.0 Å². The van der Waals surface area contributed by atoms with E-state index in [1.165, 1.54) is 12.1 Å². The second-order valence-corrected chi connectivity index (χ2v) is 8.66. The van der Waals surface area contributed by atoms with Gasteiger partial charge in [0, 0.05) is 5.70 Å². The van der Waals surface area contributed by atoms with Crippen molar-refractivity contribution in [3.63, 3.8) is 0 Å². The molecule has 1 aromatic heterocycles. The van der Waals surface area contributed by atoms with Gasteiger partial charge in [-0.05, 0) is 65.9 Å². The SMILES string of the molecule is COc1cccc(CCC2=C(C(=O)OCc3cccc(F)c3)C(c3ccc4[nH]cnc4c3)NC(=O)N2)c1. The number of aromatic nitrogens is 2. The summed E-state index contributed by atoms with van der Waals surface area (Å²) in [6.45, 7) is -0.109. The van der Waals surface area contributed by atoms with Crippen molar-refractivity contribution in [2.75, 3.05) is 7.11 Å². The molecule has 2 amide bonds. The summed E-state index contributed by atoms with van der Waals surface area (Å²) in [5.41, 5.74) is 4.48. The Morgan fingerprint density at radius 2 is 1.86 bits per heavy atom. The first-order valence-electron chi connectivity index (χ1n) is 11.8. The number of nitrogens with one attached hydrogen (secondary N) is 3. The Morgan fingerprint density at radius 1 is 1.03 bits per heavy atom. The summed E-state index contributed by atoms with van der Waals surface area (Å²) in [6.07, 6.45) is 2.52. The fourth-order valence-electron chi connectivity index (χ4n) is 4.39. The van der Waals surface area contributed by atoms with E-state index in [-0.39, 0.29) is 12.2 Å². The number of nitrogens with zero attached hydrogens (tertiary/aromatic N) is 1. The van der Waals surface area contributed by atoms with E-state index in [9.17, 15) is 14.0 Å². The molecule has 1 atom stereocenters. The summed E-state index contributed by atoms with van der Waals surface area (Å²) in [7, 11) is 1.60. The maximum Gasteiger partial charge on any atom is 0.338 e. The number of H-pyrrole nitrogens is 1. The van der Waals surface area contributed by atoms with Crippen LogP contribution in [0.1, 0.15) is 29.2 Å². The predicted octanol–water partition coefficient (Wildman–Crippen LogP) is 4.69. The molecule has 188 valence electrons. The second-order valence-electron chi connectivity index (χ2n) is 8.66. The number of aromatic amines is 1. The number of hydrogen-bond donors (Lipinski definition) is 3. The summed E-state index contributed by atoms with van der Waals surface area (Å²) in [6, 6.07) is 17.8. The lowest BCUT2D eigenvalue weighted by Crippen LogP contribution is -2.46. The average molecular weight is 501 g/mol. The molecule has 2 heterocycles. The van der Waals surface area contributed by atoms with Gasteiger partial charge in [0.25, 0.3) is 0 Å². The van der Waals surface area contributed by atoms with Crippen LogP contribution < -0.4 is 15.4 Å². The number of methoxy groups -OCH3 is 1. The summed E-state index contributed by atoms with van der Waals surface area (Å²) >= 11 is 0. The van der Waals surface area contributed by atoms with Crippen LogP contribution in [0.25, 0.3) is 11.0 Å². The van der Waals surface area contributed by atoms with Crippen molar-refractivity contribution in [3.05, 3.63) is 107 Å². The number of benzene rings is 3. The molecule has 37 heavy (non-hydrogen) atoms. The minimum atomic E-state index is -0.754. The number of aryl methyl sites for hydroxylation is 1. The van der Waals surface area contributed by atoms with Crippen LogP contribution in [0.2, 0.25) is 0 Å².